The first kappa shape index (κ1) is 21.6. The van der Waals surface area contributed by atoms with Crippen molar-refractivity contribution in [1.82, 2.24) is 5.43 Å². The Hall–Kier alpha value is -3.68. The predicted molar refractivity (Wildman–Crippen MR) is 133 cm³/mol. The molecule has 2 unspecified atom stereocenters. The molecule has 7 nitrogen and oxygen atoms in total. The van der Waals surface area contributed by atoms with Gasteiger partial charge in [-0.15, -0.1) is 0 Å². The Morgan fingerprint density at radius 2 is 1.47 bits per heavy atom. The summed E-state index contributed by atoms with van der Waals surface area (Å²) in [5.41, 5.74) is 3.58. The molecule has 1 fully saturated rings. The van der Waals surface area contributed by atoms with Crippen LogP contribution < -0.4 is 10.3 Å². The fourth-order valence-electron chi connectivity index (χ4n) is 6.85. The number of nitrogens with one attached hydrogen (secondary N) is 1. The number of carbonyl (C=O) groups is 3. The molecule has 2 bridgehead atoms. The predicted octanol–water partition coefficient (Wildman–Crippen LogP) is 4.02. The van der Waals surface area contributed by atoms with Crippen molar-refractivity contribution in [3.63, 3.8) is 0 Å². The summed E-state index contributed by atoms with van der Waals surface area (Å²) in [5, 5.41) is 4.86. The van der Waals surface area contributed by atoms with Gasteiger partial charge in [0.1, 0.15) is 5.41 Å². The first-order valence-corrected chi connectivity index (χ1v) is 12.1. The molecular formula is C27H17Cl2N3O4. The van der Waals surface area contributed by atoms with Gasteiger partial charge < -0.3 is 4.74 Å². The Bertz CT molecular complexity index is 1540. The van der Waals surface area contributed by atoms with E-state index in [1.54, 1.807) is 6.07 Å². The van der Waals surface area contributed by atoms with Crippen LogP contribution in [0.2, 0.25) is 10.0 Å². The average molecular weight is 518 g/mol. The van der Waals surface area contributed by atoms with Crippen LogP contribution in [0.5, 0.6) is 0 Å². The molecular weight excluding hydrogens is 501 g/mol. The Morgan fingerprint density at radius 1 is 0.889 bits per heavy atom. The molecule has 3 aromatic rings. The maximum Gasteiger partial charge on any atom is 0.355 e. The lowest BCUT2D eigenvalue weighted by molar-refractivity contribution is -0.135. The minimum Gasteiger partial charge on any atom is -0.464 e. The van der Waals surface area contributed by atoms with E-state index < -0.39 is 40.6 Å². The van der Waals surface area contributed by atoms with Crippen LogP contribution in [0, 0.1) is 5.41 Å². The van der Waals surface area contributed by atoms with Gasteiger partial charge in [-0.1, -0.05) is 71.7 Å². The smallest absolute Gasteiger partial charge is 0.355 e. The normalized spacial score (nSPS) is 28.6. The van der Waals surface area contributed by atoms with E-state index in [4.69, 9.17) is 27.9 Å². The maximum atomic E-state index is 14.7. The molecule has 8 rings (SSSR count). The molecule has 0 radical (unpaired) electrons. The number of nitrogens with zero attached hydrogens (tertiary/aromatic N) is 2. The fourth-order valence-corrected chi connectivity index (χ4v) is 7.14. The van der Waals surface area contributed by atoms with Gasteiger partial charge in [-0.05, 0) is 40.5 Å². The number of methoxy groups -OCH3 is 1. The lowest BCUT2D eigenvalue weighted by Crippen LogP contribution is -2.69. The van der Waals surface area contributed by atoms with E-state index in [1.165, 1.54) is 19.2 Å². The summed E-state index contributed by atoms with van der Waals surface area (Å²) >= 11 is 12.4. The number of benzene rings is 3. The molecule has 0 aromatic heterocycles. The number of esters is 1. The third-order valence-electron chi connectivity index (χ3n) is 8.06. The summed E-state index contributed by atoms with van der Waals surface area (Å²) in [6.45, 7) is 0. The van der Waals surface area contributed by atoms with Gasteiger partial charge >= 0.3 is 5.97 Å². The van der Waals surface area contributed by atoms with E-state index in [9.17, 15) is 14.4 Å². The molecule has 9 heteroatoms. The molecule has 2 amide bonds. The van der Waals surface area contributed by atoms with E-state index in [-0.39, 0.29) is 16.4 Å². The molecule has 0 saturated carbocycles. The number of rotatable bonds is 2. The number of imide groups is 1. The van der Waals surface area contributed by atoms with Gasteiger partial charge in [-0.25, -0.2) is 9.69 Å². The van der Waals surface area contributed by atoms with Crippen LogP contribution in [-0.4, -0.2) is 36.1 Å². The molecule has 0 spiro atoms. The molecule has 36 heavy (non-hydrogen) atoms. The third kappa shape index (κ3) is 2.14. The van der Waals surface area contributed by atoms with Crippen LogP contribution in [0.3, 0.4) is 0 Å². The highest BCUT2D eigenvalue weighted by Gasteiger charge is 2.85. The topological polar surface area (TPSA) is 88.1 Å². The highest BCUT2D eigenvalue weighted by molar-refractivity contribution is 6.51. The minimum atomic E-state index is -1.66. The number of hydrogen-bond acceptors (Lipinski definition) is 6. The monoisotopic (exact) mass is 517 g/mol. The second-order valence-electron chi connectivity index (χ2n) is 9.35. The molecule has 2 aliphatic heterocycles. The van der Waals surface area contributed by atoms with Gasteiger partial charge in [0.15, 0.2) is 11.3 Å². The van der Waals surface area contributed by atoms with Gasteiger partial charge in [-0.2, -0.15) is 5.10 Å². The summed E-state index contributed by atoms with van der Waals surface area (Å²) in [6, 6.07) is 20.1. The van der Waals surface area contributed by atoms with Crippen LogP contribution in [-0.2, 0) is 19.1 Å². The number of ether oxygens (including phenoxy) is 1. The molecule has 1 N–H and O–H groups in total. The number of hydrazone groups is 1. The van der Waals surface area contributed by atoms with Crippen LogP contribution in [0.4, 0.5) is 5.69 Å². The van der Waals surface area contributed by atoms with Crippen molar-refractivity contribution >= 4 is 52.4 Å². The van der Waals surface area contributed by atoms with Gasteiger partial charge in [0, 0.05) is 11.8 Å². The van der Waals surface area contributed by atoms with E-state index >= 15 is 0 Å². The Kier molecular flexibility index (Phi) is 4.17. The second-order valence-corrected chi connectivity index (χ2v) is 10.2. The maximum absolute atomic E-state index is 14.7. The van der Waals surface area contributed by atoms with Gasteiger partial charge in [-0.3, -0.25) is 15.0 Å². The van der Waals surface area contributed by atoms with Crippen molar-refractivity contribution in [2.75, 3.05) is 12.0 Å². The van der Waals surface area contributed by atoms with E-state index in [0.717, 1.165) is 27.2 Å². The second kappa shape index (κ2) is 6.96. The van der Waals surface area contributed by atoms with E-state index in [0.29, 0.717) is 5.02 Å². The number of hydrogen-bond donors (Lipinski definition) is 1. The van der Waals surface area contributed by atoms with Crippen molar-refractivity contribution in [2.45, 2.75) is 17.4 Å². The van der Waals surface area contributed by atoms with Crippen molar-refractivity contribution < 1.29 is 19.1 Å². The average Bonchev–Trinajstić information content (AvgIpc) is 3.37. The van der Waals surface area contributed by atoms with Crippen LogP contribution in [0.1, 0.15) is 34.1 Å². The number of halogens is 2. The highest BCUT2D eigenvalue weighted by Crippen LogP contribution is 2.71. The first-order valence-electron chi connectivity index (χ1n) is 11.3. The highest BCUT2D eigenvalue weighted by atomic mass is 35.5. The third-order valence-corrected chi connectivity index (χ3v) is 8.80. The SMILES string of the molecule is COC(=O)C1=NNC23C(=O)N(c4ccc(Cl)c(Cl)c4)C(=O)C12C1c2ccccc2C3c2ccccc21. The number of carbonyl (C=O) groups excluding carboxylic acids is 3. The summed E-state index contributed by atoms with van der Waals surface area (Å²) in [7, 11) is 1.24. The molecule has 5 aliphatic rings. The zero-order chi connectivity index (χ0) is 25.0. The van der Waals surface area contributed by atoms with Crippen molar-refractivity contribution in [3.8, 4) is 0 Å². The zero-order valence-corrected chi connectivity index (χ0v) is 20.3. The molecule has 178 valence electrons. The van der Waals surface area contributed by atoms with Crippen LogP contribution in [0.15, 0.2) is 71.8 Å². The summed E-state index contributed by atoms with van der Waals surface area (Å²) in [5.74, 6) is -3.05. The van der Waals surface area contributed by atoms with E-state index in [1.807, 2.05) is 48.5 Å². The van der Waals surface area contributed by atoms with Crippen molar-refractivity contribution in [2.24, 2.45) is 10.5 Å². The lowest BCUT2D eigenvalue weighted by atomic mass is 9.43. The van der Waals surface area contributed by atoms with Gasteiger partial charge in [0.2, 0.25) is 0 Å². The summed E-state index contributed by atoms with van der Waals surface area (Å²) in [6.07, 6.45) is 0. The Labute approximate surface area is 215 Å². The Balaban J connectivity index is 1.60. The van der Waals surface area contributed by atoms with Crippen molar-refractivity contribution in [3.05, 3.63) is 99.0 Å². The van der Waals surface area contributed by atoms with E-state index in [2.05, 4.69) is 10.5 Å². The van der Waals surface area contributed by atoms with Gasteiger partial charge in [0.25, 0.3) is 11.8 Å². The van der Waals surface area contributed by atoms with Gasteiger partial charge in [0.05, 0.1) is 22.8 Å². The largest absolute Gasteiger partial charge is 0.464 e. The van der Waals surface area contributed by atoms with Crippen LogP contribution in [0.25, 0.3) is 0 Å². The number of anilines is 1. The summed E-state index contributed by atoms with van der Waals surface area (Å²) in [4.78, 5) is 43.5. The lowest BCUT2D eigenvalue weighted by Gasteiger charge is -2.55. The standard InChI is InChI=1S/C27H17Cl2N3O4/c1-36-23(33)22-26-20-14-6-2-4-8-16(14)21(17-9-5-3-7-15(17)20)27(26,31-30-22)25(35)32(24(26)34)13-10-11-18(28)19(29)12-13/h2-12,20-21,31H,1H3. The minimum absolute atomic E-state index is 0.107. The molecule has 1 saturated heterocycles. The quantitative estimate of drug-likeness (QED) is 0.409. The Morgan fingerprint density at radius 3 is 2.03 bits per heavy atom. The molecule has 2 atom stereocenters. The number of amides is 2. The molecule has 2 heterocycles. The fraction of sp³-hybridized carbons (Fsp3) is 0.185. The van der Waals surface area contributed by atoms with Crippen LogP contribution >= 0.6 is 23.2 Å². The summed E-state index contributed by atoms with van der Waals surface area (Å²) < 4.78 is 5.10. The zero-order valence-electron chi connectivity index (χ0n) is 18.8. The molecule has 3 aromatic carbocycles. The first-order chi connectivity index (χ1) is 17.4. The molecule has 3 aliphatic carbocycles. The van der Waals surface area contributed by atoms with Crippen molar-refractivity contribution in [1.29, 1.82) is 0 Å².